The quantitative estimate of drug-likeness (QED) is 0.634. The number of fused-ring (bicyclic) bond motifs is 1. The Bertz CT molecular complexity index is 491. The van der Waals surface area contributed by atoms with Gasteiger partial charge in [0.05, 0.1) is 0 Å². The van der Waals surface area contributed by atoms with E-state index in [9.17, 15) is 15.0 Å². The summed E-state index contributed by atoms with van der Waals surface area (Å²) in [6.45, 7) is 2.48. The highest BCUT2D eigenvalue weighted by atomic mass is 16.5. The molecule has 0 spiro atoms. The van der Waals surface area contributed by atoms with Crippen LogP contribution in [0.25, 0.3) is 6.08 Å². The third-order valence-electron chi connectivity index (χ3n) is 2.96. The predicted octanol–water partition coefficient (Wildman–Crippen LogP) is 2.55. The zero-order valence-corrected chi connectivity index (χ0v) is 10.2. The fraction of sp³-hybridized carbons (Fsp3) is 0.357. The number of hydrogen-bond donors (Lipinski definition) is 2. The largest absolute Gasteiger partial charge is 0.508 e. The van der Waals surface area contributed by atoms with Crippen LogP contribution in [0.5, 0.6) is 11.5 Å². The normalized spacial score (nSPS) is 17.8. The van der Waals surface area contributed by atoms with Gasteiger partial charge in [-0.1, -0.05) is 13.3 Å². The molecule has 0 fully saturated rings. The molecule has 4 heteroatoms. The minimum Gasteiger partial charge on any atom is -0.508 e. The van der Waals surface area contributed by atoms with E-state index in [1.807, 2.05) is 6.92 Å². The minimum atomic E-state index is -0.816. The molecular formula is C14H16O4. The van der Waals surface area contributed by atoms with Crippen LogP contribution in [0.3, 0.4) is 0 Å². The number of phenolic OH excluding ortho intramolecular Hbond substituents is 2. The lowest BCUT2D eigenvalue weighted by molar-refractivity contribution is -0.126. The molecule has 2 rings (SSSR count). The van der Waals surface area contributed by atoms with Crippen LogP contribution in [0.1, 0.15) is 37.0 Å². The van der Waals surface area contributed by atoms with Gasteiger partial charge >= 0.3 is 0 Å². The smallest absolute Gasteiger partial charge is 0.189 e. The summed E-state index contributed by atoms with van der Waals surface area (Å²) in [6.07, 6.45) is 3.88. The molecule has 1 aromatic carbocycles. The molecule has 0 saturated heterocycles. The number of rotatable bonds is 4. The van der Waals surface area contributed by atoms with E-state index in [0.717, 1.165) is 12.8 Å². The summed E-state index contributed by atoms with van der Waals surface area (Å²) >= 11 is 0. The Balaban J connectivity index is 2.35. The van der Waals surface area contributed by atoms with E-state index < -0.39 is 6.10 Å². The van der Waals surface area contributed by atoms with Crippen molar-refractivity contribution in [3.05, 3.63) is 29.3 Å². The first kappa shape index (κ1) is 12.6. The van der Waals surface area contributed by atoms with Gasteiger partial charge in [0, 0.05) is 17.7 Å². The molecule has 0 radical (unpaired) electrons. The van der Waals surface area contributed by atoms with Gasteiger partial charge in [-0.05, 0) is 30.7 Å². The van der Waals surface area contributed by atoms with Gasteiger partial charge in [-0.3, -0.25) is 4.79 Å². The summed E-state index contributed by atoms with van der Waals surface area (Å²) in [5.74, 6) is -0.197. The maximum Gasteiger partial charge on any atom is 0.189 e. The molecular weight excluding hydrogens is 232 g/mol. The van der Waals surface area contributed by atoms with E-state index in [0.29, 0.717) is 17.7 Å². The van der Waals surface area contributed by atoms with Crippen molar-refractivity contribution in [1.29, 1.82) is 0 Å². The van der Waals surface area contributed by atoms with Crippen molar-refractivity contribution < 1.29 is 19.7 Å². The summed E-state index contributed by atoms with van der Waals surface area (Å²) in [6, 6.07) is 2.77. The lowest BCUT2D eigenvalue weighted by Gasteiger charge is -2.22. The van der Waals surface area contributed by atoms with E-state index >= 15 is 0 Å². The number of benzene rings is 1. The second-order valence-electron chi connectivity index (χ2n) is 4.27. The Morgan fingerprint density at radius 3 is 2.67 bits per heavy atom. The Morgan fingerprint density at radius 1 is 1.22 bits per heavy atom. The number of phenols is 2. The van der Waals surface area contributed by atoms with Crippen molar-refractivity contribution in [1.82, 2.24) is 0 Å². The second kappa shape index (κ2) is 5.23. The number of aromatic hydroxyl groups is 2. The highest BCUT2D eigenvalue weighted by Crippen LogP contribution is 2.39. The topological polar surface area (TPSA) is 66.8 Å². The van der Waals surface area contributed by atoms with E-state index in [2.05, 4.69) is 0 Å². The molecule has 0 heterocycles. The summed E-state index contributed by atoms with van der Waals surface area (Å²) in [4.78, 5) is 11.8. The highest BCUT2D eigenvalue weighted by Gasteiger charge is 2.29. The first-order valence-electron chi connectivity index (χ1n) is 6.03. The van der Waals surface area contributed by atoms with Crippen molar-refractivity contribution in [2.45, 2.75) is 25.9 Å². The first-order chi connectivity index (χ1) is 8.65. The van der Waals surface area contributed by atoms with Crippen molar-refractivity contribution in [2.75, 3.05) is 6.61 Å². The molecule has 96 valence electrons. The van der Waals surface area contributed by atoms with Gasteiger partial charge in [0.25, 0.3) is 0 Å². The van der Waals surface area contributed by atoms with Gasteiger partial charge in [-0.15, -0.1) is 0 Å². The summed E-state index contributed by atoms with van der Waals surface area (Å²) in [7, 11) is 0. The highest BCUT2D eigenvalue weighted by molar-refractivity contribution is 6.02. The number of carbonyl (C=O) groups excluding carboxylic acids is 1. The molecule has 0 amide bonds. The molecule has 1 atom stereocenters. The number of hydrogen-bond acceptors (Lipinski definition) is 4. The van der Waals surface area contributed by atoms with E-state index in [1.54, 1.807) is 0 Å². The van der Waals surface area contributed by atoms with Crippen molar-refractivity contribution in [2.24, 2.45) is 0 Å². The average Bonchev–Trinajstić information content (AvgIpc) is 2.36. The molecule has 2 N–H and O–H groups in total. The van der Waals surface area contributed by atoms with Gasteiger partial charge in [0.1, 0.15) is 17.6 Å². The fourth-order valence-corrected chi connectivity index (χ4v) is 1.97. The SMILES string of the molecule is CCCCOC1C(=O)C=Cc2c(O)ccc(O)c21. The molecule has 1 aromatic rings. The molecule has 1 aliphatic rings. The molecule has 0 aliphatic heterocycles. The fourth-order valence-electron chi connectivity index (χ4n) is 1.97. The number of unbranched alkanes of at least 4 members (excludes halogenated alkanes) is 1. The monoisotopic (exact) mass is 248 g/mol. The standard InChI is InChI=1S/C14H16O4/c1-2-3-8-18-14-12(17)5-4-9-10(15)6-7-11(16)13(9)14/h4-7,14-16H,2-3,8H2,1H3. The van der Waals surface area contributed by atoms with Crippen LogP contribution in [-0.4, -0.2) is 22.6 Å². The number of carbonyl (C=O) groups is 1. The van der Waals surface area contributed by atoms with E-state index in [4.69, 9.17) is 4.74 Å². The molecule has 1 aliphatic carbocycles. The maximum absolute atomic E-state index is 11.8. The number of ketones is 1. The van der Waals surface area contributed by atoms with Crippen LogP contribution in [0.4, 0.5) is 0 Å². The van der Waals surface area contributed by atoms with Crippen LogP contribution in [0.15, 0.2) is 18.2 Å². The second-order valence-corrected chi connectivity index (χ2v) is 4.27. The van der Waals surface area contributed by atoms with E-state index in [-0.39, 0.29) is 17.3 Å². The van der Waals surface area contributed by atoms with Crippen LogP contribution in [0.2, 0.25) is 0 Å². The van der Waals surface area contributed by atoms with Crippen molar-refractivity contribution in [3.8, 4) is 11.5 Å². The lowest BCUT2D eigenvalue weighted by atomic mass is 9.92. The minimum absolute atomic E-state index is 0.0259. The Hall–Kier alpha value is -1.81. The molecule has 1 unspecified atom stereocenters. The van der Waals surface area contributed by atoms with E-state index in [1.165, 1.54) is 24.3 Å². The summed E-state index contributed by atoms with van der Waals surface area (Å²) in [5, 5.41) is 19.6. The van der Waals surface area contributed by atoms with Gasteiger partial charge in [-0.25, -0.2) is 0 Å². The van der Waals surface area contributed by atoms with Crippen LogP contribution < -0.4 is 0 Å². The summed E-state index contributed by atoms with van der Waals surface area (Å²) in [5.41, 5.74) is 0.815. The number of ether oxygens (including phenoxy) is 1. The van der Waals surface area contributed by atoms with Crippen molar-refractivity contribution in [3.63, 3.8) is 0 Å². The van der Waals surface area contributed by atoms with Gasteiger partial charge < -0.3 is 14.9 Å². The lowest BCUT2D eigenvalue weighted by Crippen LogP contribution is -2.18. The molecule has 18 heavy (non-hydrogen) atoms. The maximum atomic E-state index is 11.8. The van der Waals surface area contributed by atoms with Crippen LogP contribution >= 0.6 is 0 Å². The Labute approximate surface area is 106 Å². The molecule has 0 bridgehead atoms. The van der Waals surface area contributed by atoms with Crippen molar-refractivity contribution >= 4 is 11.9 Å². The first-order valence-corrected chi connectivity index (χ1v) is 6.03. The van der Waals surface area contributed by atoms with Gasteiger partial charge in [-0.2, -0.15) is 0 Å². The summed E-state index contributed by atoms with van der Waals surface area (Å²) < 4.78 is 5.53. The Morgan fingerprint density at radius 2 is 1.94 bits per heavy atom. The van der Waals surface area contributed by atoms with Gasteiger partial charge in [0.2, 0.25) is 0 Å². The average molecular weight is 248 g/mol. The molecule has 0 saturated carbocycles. The molecule has 0 aromatic heterocycles. The molecule has 4 nitrogen and oxygen atoms in total. The zero-order valence-electron chi connectivity index (χ0n) is 10.2. The third-order valence-corrected chi connectivity index (χ3v) is 2.96. The third kappa shape index (κ3) is 2.24. The Kier molecular flexibility index (Phi) is 3.67. The van der Waals surface area contributed by atoms with Crippen LogP contribution in [0, 0.1) is 0 Å². The van der Waals surface area contributed by atoms with Gasteiger partial charge in [0.15, 0.2) is 5.78 Å². The zero-order chi connectivity index (χ0) is 13.1. The predicted molar refractivity (Wildman–Crippen MR) is 67.4 cm³/mol. The van der Waals surface area contributed by atoms with Crippen LogP contribution in [-0.2, 0) is 9.53 Å².